The largest absolute Gasteiger partial charge is 0.391 e. The number of aliphatic hydroxyl groups is 1. The average Bonchev–Trinajstić information content (AvgIpc) is 3.08. The van der Waals surface area contributed by atoms with Crippen LogP contribution in [0.1, 0.15) is 6.42 Å². The number of benzene rings is 2. The predicted octanol–water partition coefficient (Wildman–Crippen LogP) is 2.38. The van der Waals surface area contributed by atoms with Gasteiger partial charge in [0.15, 0.2) is 0 Å². The van der Waals surface area contributed by atoms with Crippen molar-refractivity contribution in [2.75, 3.05) is 31.1 Å². The summed E-state index contributed by atoms with van der Waals surface area (Å²) in [5.41, 5.74) is 2.30. The molecular formula is C20H23N3O2S. The number of amides is 1. The maximum atomic E-state index is 12.3. The lowest BCUT2D eigenvalue weighted by atomic mass is 10.1. The zero-order chi connectivity index (χ0) is 17.9. The molecule has 0 radical (unpaired) electrons. The van der Waals surface area contributed by atoms with Crippen LogP contribution >= 0.6 is 11.8 Å². The first-order valence-electron chi connectivity index (χ1n) is 9.01. The van der Waals surface area contributed by atoms with Crippen molar-refractivity contribution in [3.63, 3.8) is 0 Å². The van der Waals surface area contributed by atoms with Crippen LogP contribution in [0.25, 0.3) is 0 Å². The van der Waals surface area contributed by atoms with E-state index in [9.17, 15) is 9.90 Å². The Bertz CT molecular complexity index is 753. The highest BCUT2D eigenvalue weighted by molar-refractivity contribution is 7.99. The van der Waals surface area contributed by atoms with Gasteiger partial charge in [-0.3, -0.25) is 4.79 Å². The maximum absolute atomic E-state index is 12.3. The normalized spacial score (nSPS) is 21.2. The summed E-state index contributed by atoms with van der Waals surface area (Å²) in [4.78, 5) is 17.0. The number of β-amino-alcohol motifs (C(OH)–C–C–N with tert-alkyl or cyclic N) is 1. The van der Waals surface area contributed by atoms with Gasteiger partial charge in [-0.25, -0.2) is 0 Å². The molecule has 136 valence electrons. The third-order valence-electron chi connectivity index (χ3n) is 4.96. The summed E-state index contributed by atoms with van der Waals surface area (Å²) in [5.74, 6) is 0.129. The van der Waals surface area contributed by atoms with E-state index in [4.69, 9.17) is 0 Å². The Morgan fingerprint density at radius 3 is 2.38 bits per heavy atom. The summed E-state index contributed by atoms with van der Waals surface area (Å²) in [6, 6.07) is 16.6. The lowest BCUT2D eigenvalue weighted by Crippen LogP contribution is -2.36. The van der Waals surface area contributed by atoms with Gasteiger partial charge in [-0.15, -0.1) is 0 Å². The van der Waals surface area contributed by atoms with Gasteiger partial charge in [0.2, 0.25) is 5.91 Å². The van der Waals surface area contributed by atoms with Crippen LogP contribution in [0.4, 0.5) is 11.4 Å². The molecule has 1 amide bonds. The van der Waals surface area contributed by atoms with Gasteiger partial charge >= 0.3 is 0 Å². The van der Waals surface area contributed by atoms with Crippen molar-refractivity contribution >= 4 is 29.0 Å². The summed E-state index contributed by atoms with van der Waals surface area (Å²) >= 11 is 1.77. The van der Waals surface area contributed by atoms with Gasteiger partial charge in [0.05, 0.1) is 17.5 Å². The third-order valence-corrected chi connectivity index (χ3v) is 6.09. The summed E-state index contributed by atoms with van der Waals surface area (Å²) < 4.78 is 0. The van der Waals surface area contributed by atoms with Gasteiger partial charge in [-0.05, 0) is 24.3 Å². The molecule has 1 saturated heterocycles. The molecule has 5 nitrogen and oxygen atoms in total. The van der Waals surface area contributed by atoms with Crippen LogP contribution in [0.2, 0.25) is 0 Å². The molecule has 2 heterocycles. The molecule has 2 aliphatic heterocycles. The predicted molar refractivity (Wildman–Crippen MR) is 104 cm³/mol. The molecule has 3 N–H and O–H groups in total. The molecule has 6 heteroatoms. The molecule has 1 fully saturated rings. The van der Waals surface area contributed by atoms with Crippen molar-refractivity contribution in [3.05, 3.63) is 48.5 Å². The quantitative estimate of drug-likeness (QED) is 0.755. The first-order valence-corrected chi connectivity index (χ1v) is 9.83. The number of hydrogen-bond acceptors (Lipinski definition) is 5. The second-order valence-electron chi connectivity index (χ2n) is 6.73. The average molecular weight is 369 g/mol. The van der Waals surface area contributed by atoms with Crippen LogP contribution in [-0.2, 0) is 4.79 Å². The van der Waals surface area contributed by atoms with E-state index in [1.807, 2.05) is 24.3 Å². The molecule has 0 saturated carbocycles. The Kier molecular flexibility index (Phi) is 5.15. The van der Waals surface area contributed by atoms with Crippen LogP contribution in [0.5, 0.6) is 0 Å². The first kappa shape index (κ1) is 17.4. The number of rotatable bonds is 5. The monoisotopic (exact) mass is 369 g/mol. The van der Waals surface area contributed by atoms with Crippen molar-refractivity contribution in [3.8, 4) is 0 Å². The van der Waals surface area contributed by atoms with Gasteiger partial charge in [0.1, 0.15) is 0 Å². The van der Waals surface area contributed by atoms with E-state index < -0.39 is 0 Å². The fraction of sp³-hybridized carbons (Fsp3) is 0.350. The van der Waals surface area contributed by atoms with Crippen molar-refractivity contribution in [1.82, 2.24) is 10.6 Å². The van der Waals surface area contributed by atoms with E-state index in [0.29, 0.717) is 26.1 Å². The molecule has 0 spiro atoms. The van der Waals surface area contributed by atoms with Crippen LogP contribution in [0, 0.1) is 5.92 Å². The lowest BCUT2D eigenvalue weighted by Gasteiger charge is -2.32. The molecular weight excluding hydrogens is 346 g/mol. The van der Waals surface area contributed by atoms with Gasteiger partial charge in [-0.1, -0.05) is 36.0 Å². The molecule has 0 bridgehead atoms. The van der Waals surface area contributed by atoms with Crippen molar-refractivity contribution in [2.45, 2.75) is 22.3 Å². The number of aliphatic hydroxyl groups excluding tert-OH is 1. The van der Waals surface area contributed by atoms with Gasteiger partial charge < -0.3 is 20.6 Å². The molecule has 2 aromatic carbocycles. The fourth-order valence-electron chi connectivity index (χ4n) is 3.50. The van der Waals surface area contributed by atoms with Gasteiger partial charge in [0, 0.05) is 48.3 Å². The zero-order valence-corrected chi connectivity index (χ0v) is 15.3. The molecule has 2 aliphatic rings. The van der Waals surface area contributed by atoms with Crippen LogP contribution in [-0.4, -0.2) is 43.3 Å². The van der Waals surface area contributed by atoms with E-state index in [-0.39, 0.29) is 17.9 Å². The number of carbonyl (C=O) groups excluding carboxylic acids is 1. The van der Waals surface area contributed by atoms with Crippen molar-refractivity contribution in [2.24, 2.45) is 5.92 Å². The Labute approximate surface area is 157 Å². The number of fused-ring (bicyclic) bond motifs is 2. The summed E-state index contributed by atoms with van der Waals surface area (Å²) in [7, 11) is 0. The number of nitrogens with one attached hydrogen (secondary N) is 2. The number of anilines is 2. The van der Waals surface area contributed by atoms with Gasteiger partial charge in [0.25, 0.3) is 0 Å². The van der Waals surface area contributed by atoms with Crippen LogP contribution in [0.3, 0.4) is 0 Å². The van der Waals surface area contributed by atoms with Crippen molar-refractivity contribution < 1.29 is 9.90 Å². The topological polar surface area (TPSA) is 64.6 Å². The summed E-state index contributed by atoms with van der Waals surface area (Å²) in [6.45, 7) is 2.52. The van der Waals surface area contributed by atoms with Crippen LogP contribution in [0.15, 0.2) is 58.3 Å². The van der Waals surface area contributed by atoms with Crippen LogP contribution < -0.4 is 15.5 Å². The molecule has 26 heavy (non-hydrogen) atoms. The summed E-state index contributed by atoms with van der Waals surface area (Å²) in [5, 5.41) is 15.9. The van der Waals surface area contributed by atoms with E-state index in [0.717, 1.165) is 17.9 Å². The fourth-order valence-corrected chi connectivity index (χ4v) is 4.59. The minimum absolute atomic E-state index is 0.0253. The highest BCUT2D eigenvalue weighted by Crippen LogP contribution is 2.47. The Morgan fingerprint density at radius 1 is 1.12 bits per heavy atom. The molecule has 2 aromatic rings. The number of nitrogens with zero attached hydrogens (tertiary/aromatic N) is 1. The maximum Gasteiger partial charge on any atom is 0.221 e. The summed E-state index contributed by atoms with van der Waals surface area (Å²) in [6.07, 6.45) is 0.0528. The molecule has 4 rings (SSSR count). The Hall–Kier alpha value is -2.02. The molecule has 0 aliphatic carbocycles. The van der Waals surface area contributed by atoms with E-state index in [2.05, 4.69) is 39.8 Å². The number of carbonyl (C=O) groups is 1. The smallest absolute Gasteiger partial charge is 0.221 e. The van der Waals surface area contributed by atoms with E-state index in [1.165, 1.54) is 9.79 Å². The number of para-hydroxylation sites is 2. The highest BCUT2D eigenvalue weighted by atomic mass is 32.2. The third kappa shape index (κ3) is 3.58. The second kappa shape index (κ2) is 7.70. The molecule has 0 aromatic heterocycles. The number of hydrogen-bond donors (Lipinski definition) is 3. The highest BCUT2D eigenvalue weighted by Gasteiger charge is 2.26. The Balaban J connectivity index is 1.42. The Morgan fingerprint density at radius 2 is 1.77 bits per heavy atom. The standard InChI is InChI=1S/C20H23N3O2S/c24-17-13-21-11-14(17)12-22-20(25)9-10-23-15-5-1-3-7-18(15)26-19-8-4-2-6-16(19)23/h1-8,14,17,21,24H,9-13H2,(H,22,25). The minimum atomic E-state index is -0.367. The zero-order valence-electron chi connectivity index (χ0n) is 14.5. The van der Waals surface area contributed by atoms with Crippen molar-refractivity contribution in [1.29, 1.82) is 0 Å². The lowest BCUT2D eigenvalue weighted by molar-refractivity contribution is -0.121. The van der Waals surface area contributed by atoms with Gasteiger partial charge in [-0.2, -0.15) is 0 Å². The minimum Gasteiger partial charge on any atom is -0.391 e. The SMILES string of the molecule is O=C(CCN1c2ccccc2Sc2ccccc21)NCC1CNCC1O. The molecule has 2 unspecified atom stereocenters. The second-order valence-corrected chi connectivity index (χ2v) is 7.81. The molecule has 2 atom stereocenters. The first-order chi connectivity index (χ1) is 12.7. The van der Waals surface area contributed by atoms with E-state index in [1.54, 1.807) is 11.8 Å². The van der Waals surface area contributed by atoms with E-state index >= 15 is 0 Å².